The Balaban J connectivity index is 1.70. The molecule has 7 heteroatoms. The lowest BCUT2D eigenvalue weighted by Crippen LogP contribution is -2.41. The van der Waals surface area contributed by atoms with Crippen LogP contribution in [0.2, 0.25) is 0 Å². The first-order valence-electron chi connectivity index (χ1n) is 9.76. The van der Waals surface area contributed by atoms with Crippen molar-refractivity contribution in [1.82, 2.24) is 14.7 Å². The molecule has 2 aliphatic rings. The highest BCUT2D eigenvalue weighted by molar-refractivity contribution is 7.99. The molecule has 5 rings (SSSR count). The SMILES string of the molecule is CNc1cccc2c1SCc1c(C(=O)N3CCOCC3)nn(-c3ccccc3)c1-2. The first kappa shape index (κ1) is 18.3. The third kappa shape index (κ3) is 3.10. The van der Waals surface area contributed by atoms with Crippen LogP contribution in [-0.2, 0) is 10.5 Å². The number of amides is 1. The number of nitrogens with one attached hydrogen (secondary N) is 1. The zero-order valence-corrected chi connectivity index (χ0v) is 17.0. The molecule has 1 aromatic heterocycles. The molecule has 0 atom stereocenters. The molecule has 2 aromatic carbocycles. The van der Waals surface area contributed by atoms with Gasteiger partial charge in [0.2, 0.25) is 0 Å². The Morgan fingerprint density at radius 1 is 1.10 bits per heavy atom. The van der Waals surface area contributed by atoms with Crippen LogP contribution in [0.4, 0.5) is 5.69 Å². The molecule has 6 nitrogen and oxygen atoms in total. The fraction of sp³-hybridized carbons (Fsp3) is 0.273. The van der Waals surface area contributed by atoms with Gasteiger partial charge < -0.3 is 15.0 Å². The standard InChI is InChI=1S/C22H22N4O2S/c1-23-18-9-5-8-16-20-17(14-29-21(16)18)19(22(27)25-10-12-28-13-11-25)24-26(20)15-6-3-2-4-7-15/h2-9,23H,10-14H2,1H3. The highest BCUT2D eigenvalue weighted by atomic mass is 32.2. The van der Waals surface area contributed by atoms with Crippen molar-refractivity contribution in [2.75, 3.05) is 38.7 Å². The number of nitrogens with zero attached hydrogens (tertiary/aromatic N) is 3. The molecule has 2 aliphatic heterocycles. The van der Waals surface area contributed by atoms with E-state index in [-0.39, 0.29) is 5.91 Å². The fourth-order valence-corrected chi connectivity index (χ4v) is 5.14. The number of ether oxygens (including phenoxy) is 1. The highest BCUT2D eigenvalue weighted by Gasteiger charge is 2.32. The average molecular weight is 407 g/mol. The monoisotopic (exact) mass is 406 g/mol. The van der Waals surface area contributed by atoms with Crippen LogP contribution in [0.1, 0.15) is 16.1 Å². The third-order valence-corrected chi connectivity index (χ3v) is 6.55. The first-order chi connectivity index (χ1) is 14.3. The van der Waals surface area contributed by atoms with Crippen LogP contribution in [-0.4, -0.2) is 53.9 Å². The van der Waals surface area contributed by atoms with Gasteiger partial charge in [0.15, 0.2) is 5.69 Å². The Bertz CT molecular complexity index is 1060. The quantitative estimate of drug-likeness (QED) is 0.719. The lowest BCUT2D eigenvalue weighted by atomic mass is 10.0. The minimum atomic E-state index is -0.00643. The average Bonchev–Trinajstić information content (AvgIpc) is 3.19. The van der Waals surface area contributed by atoms with Crippen molar-refractivity contribution >= 4 is 23.4 Å². The Morgan fingerprint density at radius 2 is 1.90 bits per heavy atom. The summed E-state index contributed by atoms with van der Waals surface area (Å²) in [5.74, 6) is 0.715. The zero-order valence-electron chi connectivity index (χ0n) is 16.2. The molecule has 1 fully saturated rings. The number of anilines is 1. The van der Waals surface area contributed by atoms with Gasteiger partial charge in [-0.3, -0.25) is 4.79 Å². The minimum Gasteiger partial charge on any atom is -0.387 e. The molecule has 3 aromatic rings. The van der Waals surface area contributed by atoms with Gasteiger partial charge in [0, 0.05) is 47.6 Å². The van der Waals surface area contributed by atoms with Gasteiger partial charge >= 0.3 is 0 Å². The van der Waals surface area contributed by atoms with Crippen molar-refractivity contribution in [3.8, 4) is 16.9 Å². The summed E-state index contributed by atoms with van der Waals surface area (Å²) in [6, 6.07) is 16.3. The Morgan fingerprint density at radius 3 is 2.66 bits per heavy atom. The van der Waals surface area contributed by atoms with Crippen LogP contribution in [0.5, 0.6) is 0 Å². The molecule has 0 radical (unpaired) electrons. The predicted octanol–water partition coefficient (Wildman–Crippen LogP) is 3.66. The summed E-state index contributed by atoms with van der Waals surface area (Å²) in [6.45, 7) is 2.38. The Labute approximate surface area is 173 Å². The Hall–Kier alpha value is -2.77. The normalized spacial score (nSPS) is 15.6. The number of carbonyl (C=O) groups excluding carboxylic acids is 1. The lowest BCUT2D eigenvalue weighted by molar-refractivity contribution is 0.0298. The summed E-state index contributed by atoms with van der Waals surface area (Å²) in [5, 5.41) is 8.13. The molecule has 0 spiro atoms. The molecule has 148 valence electrons. The molecule has 1 amide bonds. The number of carbonyl (C=O) groups is 1. The maximum atomic E-state index is 13.3. The van der Waals surface area contributed by atoms with Crippen LogP contribution >= 0.6 is 11.8 Å². The molecular weight excluding hydrogens is 384 g/mol. The van der Waals surface area contributed by atoms with Gasteiger partial charge in [-0.2, -0.15) is 5.10 Å². The highest BCUT2D eigenvalue weighted by Crippen LogP contribution is 2.47. The fourth-order valence-electron chi connectivity index (χ4n) is 3.93. The van der Waals surface area contributed by atoms with Crippen LogP contribution in [0, 0.1) is 0 Å². The van der Waals surface area contributed by atoms with E-state index in [0.29, 0.717) is 32.0 Å². The number of para-hydroxylation sites is 1. The van der Waals surface area contributed by atoms with Crippen LogP contribution < -0.4 is 5.32 Å². The molecule has 0 bridgehead atoms. The molecule has 0 unspecified atom stereocenters. The molecule has 1 saturated heterocycles. The number of thioether (sulfide) groups is 1. The van der Waals surface area contributed by atoms with E-state index in [0.717, 1.165) is 33.9 Å². The second kappa shape index (κ2) is 7.57. The van der Waals surface area contributed by atoms with Crippen LogP contribution in [0.3, 0.4) is 0 Å². The maximum absolute atomic E-state index is 13.3. The van der Waals surface area contributed by atoms with Crippen molar-refractivity contribution < 1.29 is 9.53 Å². The summed E-state index contributed by atoms with van der Waals surface area (Å²) in [6.07, 6.45) is 0. The van der Waals surface area contributed by atoms with E-state index in [1.54, 1.807) is 11.8 Å². The van der Waals surface area contributed by atoms with Gasteiger partial charge in [-0.1, -0.05) is 30.3 Å². The van der Waals surface area contributed by atoms with E-state index in [2.05, 4.69) is 17.4 Å². The van der Waals surface area contributed by atoms with E-state index in [1.807, 2.05) is 53.0 Å². The van der Waals surface area contributed by atoms with Crippen LogP contribution in [0.25, 0.3) is 16.9 Å². The summed E-state index contributed by atoms with van der Waals surface area (Å²) in [4.78, 5) is 16.4. The van der Waals surface area contributed by atoms with Gasteiger partial charge in [0.05, 0.1) is 24.6 Å². The van der Waals surface area contributed by atoms with Crippen molar-refractivity contribution in [2.24, 2.45) is 0 Å². The number of morpholine rings is 1. The smallest absolute Gasteiger partial charge is 0.274 e. The van der Waals surface area contributed by atoms with E-state index in [4.69, 9.17) is 9.84 Å². The second-order valence-corrected chi connectivity index (χ2v) is 8.03. The van der Waals surface area contributed by atoms with Crippen molar-refractivity contribution in [3.63, 3.8) is 0 Å². The van der Waals surface area contributed by atoms with E-state index >= 15 is 0 Å². The van der Waals surface area contributed by atoms with Gasteiger partial charge in [-0.15, -0.1) is 11.8 Å². The summed E-state index contributed by atoms with van der Waals surface area (Å²) in [7, 11) is 1.94. The molecule has 1 N–H and O–H groups in total. The number of hydrogen-bond acceptors (Lipinski definition) is 5. The minimum absolute atomic E-state index is 0.00643. The number of fused-ring (bicyclic) bond motifs is 3. The predicted molar refractivity (Wildman–Crippen MR) is 115 cm³/mol. The van der Waals surface area contributed by atoms with E-state index in [1.165, 1.54) is 4.90 Å². The molecule has 0 aliphatic carbocycles. The van der Waals surface area contributed by atoms with Gasteiger partial charge in [0.1, 0.15) is 0 Å². The molecule has 29 heavy (non-hydrogen) atoms. The van der Waals surface area contributed by atoms with Gasteiger partial charge in [-0.25, -0.2) is 4.68 Å². The third-order valence-electron chi connectivity index (χ3n) is 5.39. The topological polar surface area (TPSA) is 59.4 Å². The number of aromatic nitrogens is 2. The van der Waals surface area contributed by atoms with E-state index in [9.17, 15) is 4.79 Å². The molecular formula is C22H22N4O2S. The van der Waals surface area contributed by atoms with Gasteiger partial charge in [0.25, 0.3) is 5.91 Å². The molecule has 3 heterocycles. The van der Waals surface area contributed by atoms with E-state index < -0.39 is 0 Å². The number of hydrogen-bond donors (Lipinski definition) is 1. The summed E-state index contributed by atoms with van der Waals surface area (Å²) in [5.41, 5.74) is 5.74. The molecule has 0 saturated carbocycles. The number of rotatable bonds is 3. The summed E-state index contributed by atoms with van der Waals surface area (Å²) < 4.78 is 7.35. The largest absolute Gasteiger partial charge is 0.387 e. The van der Waals surface area contributed by atoms with Gasteiger partial charge in [-0.05, 0) is 18.2 Å². The Kier molecular flexibility index (Phi) is 4.77. The summed E-state index contributed by atoms with van der Waals surface area (Å²) >= 11 is 1.76. The van der Waals surface area contributed by atoms with Crippen molar-refractivity contribution in [2.45, 2.75) is 10.6 Å². The maximum Gasteiger partial charge on any atom is 0.274 e. The lowest BCUT2D eigenvalue weighted by Gasteiger charge is -2.26. The first-order valence-corrected chi connectivity index (χ1v) is 10.7. The van der Waals surface area contributed by atoms with Crippen LogP contribution in [0.15, 0.2) is 53.4 Å². The van der Waals surface area contributed by atoms with Crippen molar-refractivity contribution in [1.29, 1.82) is 0 Å². The second-order valence-electron chi connectivity index (χ2n) is 7.05. The number of benzene rings is 2. The van der Waals surface area contributed by atoms with Crippen molar-refractivity contribution in [3.05, 3.63) is 59.8 Å². The zero-order chi connectivity index (χ0) is 19.8.